The number of imide groups is 1. The highest BCUT2D eigenvalue weighted by Crippen LogP contribution is 2.38. The summed E-state index contributed by atoms with van der Waals surface area (Å²) in [5.41, 5.74) is -0.581. The third-order valence-electron chi connectivity index (χ3n) is 5.67. The second-order valence-corrected chi connectivity index (χ2v) is 7.49. The number of rotatable bonds is 7. The van der Waals surface area contributed by atoms with Gasteiger partial charge in [-0.2, -0.15) is 0 Å². The highest BCUT2D eigenvalue weighted by atomic mass is 16.6. The number of nitro groups is 1. The smallest absolute Gasteiger partial charge is 0.325 e. The van der Waals surface area contributed by atoms with E-state index in [0.29, 0.717) is 12.1 Å². The molecular formula is C19H25N5O5. The van der Waals surface area contributed by atoms with Crippen LogP contribution in [0.4, 0.5) is 16.2 Å². The molecule has 1 saturated carbocycles. The van der Waals surface area contributed by atoms with Crippen LogP contribution in [0, 0.1) is 16.0 Å². The molecule has 10 nitrogen and oxygen atoms in total. The van der Waals surface area contributed by atoms with Crippen molar-refractivity contribution in [1.82, 2.24) is 15.5 Å². The fourth-order valence-electron chi connectivity index (χ4n) is 4.02. The maximum atomic E-state index is 12.8. The Bertz CT molecular complexity index is 829. The van der Waals surface area contributed by atoms with Gasteiger partial charge in [-0.15, -0.1) is 0 Å². The standard InChI is InChI=1S/C19H25N5O5/c1-13-6-4-5-9-19(13)17(26)23(18(27)22-19)12-16(25)21-11-10-20-14-7-2-3-8-15(14)24(28)29/h2-3,7-8,13,20H,4-6,9-12H2,1H3,(H,21,25)(H,22,27)/t13-,19-/m1/s1. The van der Waals surface area contributed by atoms with Crippen LogP contribution in [0.2, 0.25) is 0 Å². The van der Waals surface area contributed by atoms with Gasteiger partial charge in [-0.1, -0.05) is 31.9 Å². The largest absolute Gasteiger partial charge is 0.378 e. The second kappa shape index (κ2) is 8.46. The lowest BCUT2D eigenvalue weighted by Crippen LogP contribution is -2.54. The van der Waals surface area contributed by atoms with Crippen molar-refractivity contribution >= 4 is 29.2 Å². The molecule has 0 unspecified atom stereocenters. The van der Waals surface area contributed by atoms with E-state index in [1.54, 1.807) is 18.2 Å². The Hall–Kier alpha value is -3.17. The minimum Gasteiger partial charge on any atom is -0.378 e. The lowest BCUT2D eigenvalue weighted by molar-refractivity contribution is -0.384. The molecule has 1 saturated heterocycles. The molecule has 0 bridgehead atoms. The quantitative estimate of drug-likeness (QED) is 0.274. The number of nitrogens with one attached hydrogen (secondary N) is 3. The number of hydrogen-bond acceptors (Lipinski definition) is 6. The number of hydrogen-bond donors (Lipinski definition) is 3. The zero-order chi connectivity index (χ0) is 21.0. The first-order chi connectivity index (χ1) is 13.8. The molecule has 3 N–H and O–H groups in total. The van der Waals surface area contributed by atoms with Crippen molar-refractivity contribution in [3.05, 3.63) is 34.4 Å². The SMILES string of the molecule is C[C@@H]1CCCC[C@@]12NC(=O)N(CC(=O)NCCNc1ccccc1[N+](=O)[O-])C2=O. The van der Waals surface area contributed by atoms with E-state index in [9.17, 15) is 24.5 Å². The monoisotopic (exact) mass is 403 g/mol. The first-order valence-electron chi connectivity index (χ1n) is 9.73. The molecular weight excluding hydrogens is 378 g/mol. The molecule has 0 aromatic heterocycles. The van der Waals surface area contributed by atoms with Crippen molar-refractivity contribution in [3.63, 3.8) is 0 Å². The summed E-state index contributed by atoms with van der Waals surface area (Å²) in [6, 6.07) is 5.69. The van der Waals surface area contributed by atoms with Crippen molar-refractivity contribution in [1.29, 1.82) is 0 Å². The summed E-state index contributed by atoms with van der Waals surface area (Å²) >= 11 is 0. The molecule has 1 aromatic carbocycles. The molecule has 0 radical (unpaired) electrons. The molecule has 1 heterocycles. The van der Waals surface area contributed by atoms with Crippen molar-refractivity contribution < 1.29 is 19.3 Å². The number of anilines is 1. The normalized spacial score (nSPS) is 23.8. The van der Waals surface area contributed by atoms with Gasteiger partial charge in [0.1, 0.15) is 17.8 Å². The molecule has 156 valence electrons. The Morgan fingerprint density at radius 1 is 1.31 bits per heavy atom. The van der Waals surface area contributed by atoms with Crippen molar-refractivity contribution in [2.75, 3.05) is 25.0 Å². The molecule has 1 spiro atoms. The van der Waals surface area contributed by atoms with Crippen molar-refractivity contribution in [2.45, 2.75) is 38.1 Å². The summed E-state index contributed by atoms with van der Waals surface area (Å²) in [4.78, 5) is 48.8. The molecule has 3 rings (SSSR count). The summed E-state index contributed by atoms with van der Waals surface area (Å²) in [6.45, 7) is 2.06. The molecule has 29 heavy (non-hydrogen) atoms. The molecule has 10 heteroatoms. The number of nitro benzene ring substituents is 1. The van der Waals surface area contributed by atoms with Gasteiger partial charge in [-0.05, 0) is 24.8 Å². The Balaban J connectivity index is 1.49. The summed E-state index contributed by atoms with van der Waals surface area (Å²) in [7, 11) is 0. The van der Waals surface area contributed by atoms with Gasteiger partial charge in [0.05, 0.1) is 4.92 Å². The number of benzene rings is 1. The number of amides is 4. The van der Waals surface area contributed by atoms with Crippen LogP contribution >= 0.6 is 0 Å². The van der Waals surface area contributed by atoms with Gasteiger partial charge in [-0.3, -0.25) is 24.6 Å². The minimum atomic E-state index is -0.886. The number of carbonyl (C=O) groups is 3. The third-order valence-corrected chi connectivity index (χ3v) is 5.67. The van der Waals surface area contributed by atoms with Crippen LogP contribution < -0.4 is 16.0 Å². The van der Waals surface area contributed by atoms with Crippen LogP contribution in [0.25, 0.3) is 0 Å². The first kappa shape index (κ1) is 20.6. The number of para-hydroxylation sites is 2. The van der Waals surface area contributed by atoms with Gasteiger partial charge in [0.2, 0.25) is 5.91 Å². The van der Waals surface area contributed by atoms with Gasteiger partial charge >= 0.3 is 6.03 Å². The molecule has 2 aliphatic rings. The summed E-state index contributed by atoms with van der Waals surface area (Å²) in [5, 5.41) is 19.3. The van der Waals surface area contributed by atoms with Crippen LogP contribution in [0.15, 0.2) is 24.3 Å². The summed E-state index contributed by atoms with van der Waals surface area (Å²) in [6.07, 6.45) is 3.35. The Labute approximate surface area is 168 Å². The van der Waals surface area contributed by atoms with Crippen molar-refractivity contribution in [3.8, 4) is 0 Å². The fourth-order valence-corrected chi connectivity index (χ4v) is 4.02. The van der Waals surface area contributed by atoms with E-state index < -0.39 is 22.4 Å². The molecule has 2 atom stereocenters. The molecule has 1 aliphatic carbocycles. The Morgan fingerprint density at radius 2 is 2.07 bits per heavy atom. The van der Waals surface area contributed by atoms with E-state index in [2.05, 4.69) is 16.0 Å². The highest BCUT2D eigenvalue weighted by molar-refractivity contribution is 6.09. The van der Waals surface area contributed by atoms with E-state index in [1.165, 1.54) is 6.07 Å². The zero-order valence-corrected chi connectivity index (χ0v) is 16.3. The number of nitrogens with zero attached hydrogens (tertiary/aromatic N) is 2. The summed E-state index contributed by atoms with van der Waals surface area (Å²) in [5.74, 6) is -0.757. The van der Waals surface area contributed by atoms with Crippen LogP contribution in [-0.2, 0) is 9.59 Å². The molecule has 4 amide bonds. The minimum absolute atomic E-state index is 0.0339. The average molecular weight is 403 g/mol. The first-order valence-corrected chi connectivity index (χ1v) is 9.73. The predicted octanol–water partition coefficient (Wildman–Crippen LogP) is 1.62. The number of urea groups is 1. The lowest BCUT2D eigenvalue weighted by atomic mass is 9.73. The van der Waals surface area contributed by atoms with Gasteiger partial charge in [0.15, 0.2) is 0 Å². The third kappa shape index (κ3) is 4.15. The predicted molar refractivity (Wildman–Crippen MR) is 105 cm³/mol. The van der Waals surface area contributed by atoms with Gasteiger partial charge in [0.25, 0.3) is 11.6 Å². The van der Waals surface area contributed by atoms with E-state index >= 15 is 0 Å². The van der Waals surface area contributed by atoms with E-state index in [1.807, 2.05) is 6.92 Å². The van der Waals surface area contributed by atoms with E-state index in [-0.39, 0.29) is 37.1 Å². The van der Waals surface area contributed by atoms with Crippen LogP contribution in [0.3, 0.4) is 0 Å². The topological polar surface area (TPSA) is 134 Å². The lowest BCUT2D eigenvalue weighted by Gasteiger charge is -2.36. The maximum absolute atomic E-state index is 12.8. The Morgan fingerprint density at radius 3 is 2.79 bits per heavy atom. The van der Waals surface area contributed by atoms with Crippen LogP contribution in [0.5, 0.6) is 0 Å². The van der Waals surface area contributed by atoms with Gasteiger partial charge in [0, 0.05) is 19.2 Å². The van der Waals surface area contributed by atoms with Gasteiger partial charge < -0.3 is 16.0 Å². The zero-order valence-electron chi connectivity index (χ0n) is 16.3. The van der Waals surface area contributed by atoms with Crippen LogP contribution in [0.1, 0.15) is 32.6 Å². The van der Waals surface area contributed by atoms with Crippen molar-refractivity contribution in [2.24, 2.45) is 5.92 Å². The molecule has 1 aliphatic heterocycles. The van der Waals surface area contributed by atoms with Crippen LogP contribution in [-0.4, -0.2) is 52.8 Å². The average Bonchev–Trinajstić information content (AvgIpc) is 2.93. The summed E-state index contributed by atoms with van der Waals surface area (Å²) < 4.78 is 0. The second-order valence-electron chi connectivity index (χ2n) is 7.49. The van der Waals surface area contributed by atoms with E-state index in [0.717, 1.165) is 24.2 Å². The highest BCUT2D eigenvalue weighted by Gasteiger charge is 2.55. The Kier molecular flexibility index (Phi) is 6.00. The van der Waals surface area contributed by atoms with Gasteiger partial charge in [-0.25, -0.2) is 4.79 Å². The molecule has 2 fully saturated rings. The maximum Gasteiger partial charge on any atom is 0.325 e. The van der Waals surface area contributed by atoms with E-state index in [4.69, 9.17) is 0 Å². The fraction of sp³-hybridized carbons (Fsp3) is 0.526. The number of carbonyl (C=O) groups excluding carboxylic acids is 3. The molecule has 1 aromatic rings.